The molecule has 0 aromatic heterocycles. The summed E-state index contributed by atoms with van der Waals surface area (Å²) in [5.74, 6) is 0.178. The van der Waals surface area contributed by atoms with Crippen LogP contribution >= 0.6 is 11.6 Å². The van der Waals surface area contributed by atoms with Crippen molar-refractivity contribution in [2.75, 3.05) is 11.5 Å². The van der Waals surface area contributed by atoms with Gasteiger partial charge in [-0.25, -0.2) is 8.42 Å². The van der Waals surface area contributed by atoms with Crippen molar-refractivity contribution in [1.29, 1.82) is 0 Å². The quantitative estimate of drug-likeness (QED) is 0.615. The zero-order chi connectivity index (χ0) is 13.6. The van der Waals surface area contributed by atoms with Crippen molar-refractivity contribution in [2.45, 2.75) is 43.9 Å². The first-order chi connectivity index (χ1) is 8.47. The van der Waals surface area contributed by atoms with Gasteiger partial charge in [-0.05, 0) is 24.6 Å². The van der Waals surface area contributed by atoms with Crippen molar-refractivity contribution in [3.8, 4) is 0 Å². The molecular formula is C13H20ClNO2S. The SMILES string of the molecule is CCCCCCCS(=O)(=O)c1ccc(N)c(Cl)c1. The van der Waals surface area contributed by atoms with Crippen molar-refractivity contribution in [2.24, 2.45) is 0 Å². The Balaban J connectivity index is 2.60. The van der Waals surface area contributed by atoms with Crippen molar-refractivity contribution in [1.82, 2.24) is 0 Å². The second kappa shape index (κ2) is 7.00. The van der Waals surface area contributed by atoms with Gasteiger partial charge in [0.15, 0.2) is 9.84 Å². The van der Waals surface area contributed by atoms with E-state index in [0.717, 1.165) is 25.7 Å². The van der Waals surface area contributed by atoms with E-state index in [0.29, 0.717) is 17.1 Å². The van der Waals surface area contributed by atoms with Crippen molar-refractivity contribution >= 4 is 27.1 Å². The Morgan fingerprint density at radius 3 is 2.44 bits per heavy atom. The molecule has 1 aromatic carbocycles. The molecule has 0 fully saturated rings. The van der Waals surface area contributed by atoms with Gasteiger partial charge in [-0.1, -0.05) is 44.2 Å². The van der Waals surface area contributed by atoms with Crippen LogP contribution in [0.25, 0.3) is 0 Å². The number of benzene rings is 1. The first-order valence-electron chi connectivity index (χ1n) is 6.25. The lowest BCUT2D eigenvalue weighted by Crippen LogP contribution is -2.07. The molecule has 0 atom stereocenters. The summed E-state index contributed by atoms with van der Waals surface area (Å²) in [4.78, 5) is 0.261. The summed E-state index contributed by atoms with van der Waals surface area (Å²) < 4.78 is 24.1. The fourth-order valence-corrected chi connectivity index (χ4v) is 3.35. The van der Waals surface area contributed by atoms with Gasteiger partial charge in [0.05, 0.1) is 21.4 Å². The highest BCUT2D eigenvalue weighted by atomic mass is 35.5. The molecule has 1 rings (SSSR count). The number of nitrogen functional groups attached to an aromatic ring is 1. The molecule has 0 bridgehead atoms. The van der Waals surface area contributed by atoms with Crippen LogP contribution in [0.4, 0.5) is 5.69 Å². The summed E-state index contributed by atoms with van der Waals surface area (Å²) in [6, 6.07) is 4.48. The summed E-state index contributed by atoms with van der Waals surface area (Å²) in [6.07, 6.45) is 5.06. The maximum atomic E-state index is 12.0. The molecule has 0 unspecified atom stereocenters. The molecule has 0 aliphatic carbocycles. The monoisotopic (exact) mass is 289 g/mol. The molecule has 1 aromatic rings. The van der Waals surface area contributed by atoms with E-state index < -0.39 is 9.84 Å². The highest BCUT2D eigenvalue weighted by Crippen LogP contribution is 2.23. The van der Waals surface area contributed by atoms with Crippen molar-refractivity contribution in [3.05, 3.63) is 23.2 Å². The lowest BCUT2D eigenvalue weighted by molar-refractivity contribution is 0.587. The van der Waals surface area contributed by atoms with E-state index in [1.807, 2.05) is 0 Å². The molecule has 18 heavy (non-hydrogen) atoms. The van der Waals surface area contributed by atoms with Gasteiger partial charge in [0.1, 0.15) is 0 Å². The van der Waals surface area contributed by atoms with Crippen molar-refractivity contribution < 1.29 is 8.42 Å². The van der Waals surface area contributed by atoms with Crippen LogP contribution in [0.15, 0.2) is 23.1 Å². The second-order valence-corrected chi connectivity index (χ2v) is 6.93. The number of nitrogens with two attached hydrogens (primary N) is 1. The van der Waals surface area contributed by atoms with E-state index >= 15 is 0 Å². The van der Waals surface area contributed by atoms with E-state index in [1.165, 1.54) is 18.2 Å². The average Bonchev–Trinajstić information content (AvgIpc) is 2.32. The number of halogens is 1. The van der Waals surface area contributed by atoms with Crippen LogP contribution in [0.3, 0.4) is 0 Å². The van der Waals surface area contributed by atoms with Crippen LogP contribution in [0.1, 0.15) is 39.0 Å². The van der Waals surface area contributed by atoms with E-state index in [4.69, 9.17) is 17.3 Å². The topological polar surface area (TPSA) is 60.2 Å². The summed E-state index contributed by atoms with van der Waals surface area (Å²) in [7, 11) is -3.23. The smallest absolute Gasteiger partial charge is 0.178 e. The Bertz CT molecular complexity index is 486. The fourth-order valence-electron chi connectivity index (χ4n) is 1.71. The molecule has 0 aliphatic rings. The van der Waals surface area contributed by atoms with Gasteiger partial charge in [-0.15, -0.1) is 0 Å². The summed E-state index contributed by atoms with van der Waals surface area (Å²) >= 11 is 5.83. The first kappa shape index (κ1) is 15.3. The summed E-state index contributed by atoms with van der Waals surface area (Å²) in [5, 5.41) is 0.294. The number of hydrogen-bond donors (Lipinski definition) is 1. The minimum Gasteiger partial charge on any atom is -0.398 e. The third-order valence-electron chi connectivity index (χ3n) is 2.85. The molecular weight excluding hydrogens is 270 g/mol. The predicted molar refractivity (Wildman–Crippen MR) is 76.7 cm³/mol. The Kier molecular flexibility index (Phi) is 5.96. The van der Waals surface area contributed by atoms with E-state index in [1.54, 1.807) is 0 Å². The van der Waals surface area contributed by atoms with Crippen LogP contribution in [0.5, 0.6) is 0 Å². The van der Waals surface area contributed by atoms with Gasteiger partial charge in [0.2, 0.25) is 0 Å². The zero-order valence-electron chi connectivity index (χ0n) is 10.7. The molecule has 5 heteroatoms. The van der Waals surface area contributed by atoms with E-state index in [9.17, 15) is 8.42 Å². The molecule has 0 aliphatic heterocycles. The Morgan fingerprint density at radius 2 is 1.83 bits per heavy atom. The zero-order valence-corrected chi connectivity index (χ0v) is 12.2. The highest BCUT2D eigenvalue weighted by molar-refractivity contribution is 7.91. The van der Waals surface area contributed by atoms with Gasteiger partial charge in [-0.3, -0.25) is 0 Å². The van der Waals surface area contributed by atoms with E-state index in [2.05, 4.69) is 6.92 Å². The second-order valence-electron chi connectivity index (χ2n) is 4.42. The Hall–Kier alpha value is -0.740. The van der Waals surface area contributed by atoms with Gasteiger partial charge < -0.3 is 5.73 Å². The fraction of sp³-hybridized carbons (Fsp3) is 0.538. The maximum absolute atomic E-state index is 12.0. The lowest BCUT2D eigenvalue weighted by Gasteiger charge is -2.06. The molecule has 0 saturated carbocycles. The minimum atomic E-state index is -3.23. The normalized spacial score (nSPS) is 11.7. The summed E-state index contributed by atoms with van der Waals surface area (Å²) in [6.45, 7) is 2.13. The van der Waals surface area contributed by atoms with Crippen LogP contribution in [-0.4, -0.2) is 14.2 Å². The van der Waals surface area contributed by atoms with Gasteiger partial charge in [-0.2, -0.15) is 0 Å². The van der Waals surface area contributed by atoms with Gasteiger partial charge in [0.25, 0.3) is 0 Å². The number of anilines is 1. The Labute approximate surface area is 114 Å². The molecule has 2 N–H and O–H groups in total. The molecule has 0 heterocycles. The van der Waals surface area contributed by atoms with Gasteiger partial charge >= 0.3 is 0 Å². The van der Waals surface area contributed by atoms with Crippen LogP contribution in [0.2, 0.25) is 5.02 Å². The maximum Gasteiger partial charge on any atom is 0.178 e. The highest BCUT2D eigenvalue weighted by Gasteiger charge is 2.14. The molecule has 102 valence electrons. The predicted octanol–water partition coefficient (Wildman–Crippen LogP) is 3.67. The third-order valence-corrected chi connectivity index (χ3v) is 4.97. The largest absolute Gasteiger partial charge is 0.398 e. The molecule has 0 radical (unpaired) electrons. The molecule has 0 spiro atoms. The van der Waals surface area contributed by atoms with Crippen LogP contribution in [0, 0.1) is 0 Å². The standard InChI is InChI=1S/C13H20ClNO2S/c1-2-3-4-5-6-9-18(16,17)11-7-8-13(15)12(14)10-11/h7-8,10H,2-6,9,15H2,1H3. The third kappa shape index (κ3) is 4.50. The van der Waals surface area contributed by atoms with E-state index in [-0.39, 0.29) is 10.6 Å². The number of rotatable bonds is 7. The average molecular weight is 290 g/mol. The molecule has 0 amide bonds. The number of hydrogen-bond acceptors (Lipinski definition) is 3. The lowest BCUT2D eigenvalue weighted by atomic mass is 10.2. The molecule has 0 saturated heterocycles. The molecule has 3 nitrogen and oxygen atoms in total. The first-order valence-corrected chi connectivity index (χ1v) is 8.28. The number of sulfone groups is 1. The van der Waals surface area contributed by atoms with Crippen molar-refractivity contribution in [3.63, 3.8) is 0 Å². The summed E-state index contributed by atoms with van der Waals surface area (Å²) in [5.41, 5.74) is 5.96. The van der Waals surface area contributed by atoms with Crippen LogP contribution < -0.4 is 5.73 Å². The van der Waals surface area contributed by atoms with Gasteiger partial charge in [0, 0.05) is 0 Å². The number of unbranched alkanes of at least 4 members (excludes halogenated alkanes) is 4. The van der Waals surface area contributed by atoms with Crippen LogP contribution in [-0.2, 0) is 9.84 Å². The minimum absolute atomic E-state index is 0.178. The Morgan fingerprint density at radius 1 is 1.17 bits per heavy atom.